The first kappa shape index (κ1) is 10.0. The zero-order chi connectivity index (χ0) is 10.3. The van der Waals surface area contributed by atoms with Crippen LogP contribution in [0.25, 0.3) is 0 Å². The Hall–Kier alpha value is -1.08. The van der Waals surface area contributed by atoms with Crippen molar-refractivity contribution in [3.05, 3.63) is 18.7 Å². The summed E-state index contributed by atoms with van der Waals surface area (Å²) < 4.78 is 70.2. The molecule has 13 heavy (non-hydrogen) atoms. The highest BCUT2D eigenvalue weighted by atomic mass is 19.4. The fourth-order valence-electron chi connectivity index (χ4n) is 0.731. The Labute approximate surface area is 68.9 Å². The maximum Gasteiger partial charge on any atom is 0.709 e. The molecule has 0 aliphatic heterocycles. The summed E-state index contributed by atoms with van der Waals surface area (Å²) in [6, 6.07) is 0. The van der Waals surface area contributed by atoms with Gasteiger partial charge in [-0.25, -0.2) is 0 Å². The molecule has 0 aliphatic rings. The zero-order valence-electron chi connectivity index (χ0n) is 6.05. The van der Waals surface area contributed by atoms with E-state index in [1.54, 1.807) is 0 Å². The van der Waals surface area contributed by atoms with Crippen LogP contribution >= 0.6 is 0 Å². The van der Waals surface area contributed by atoms with Crippen LogP contribution in [0, 0.1) is 0 Å². The highest BCUT2D eigenvalue weighted by Gasteiger charge is 2.39. The average Bonchev–Trinajstić information content (AvgIpc) is 2.28. The predicted octanol–water partition coefficient (Wildman–Crippen LogP) is 1.16. The Morgan fingerprint density at radius 2 is 1.54 bits per heavy atom. The molecule has 0 saturated carbocycles. The number of aromatic nitrogens is 2. The van der Waals surface area contributed by atoms with Gasteiger partial charge in [-0.3, -0.25) is 0 Å². The summed E-state index contributed by atoms with van der Waals surface area (Å²) in [6.45, 7) is 0. The molecule has 0 amide bonds. The van der Waals surface area contributed by atoms with Gasteiger partial charge in [0.1, 0.15) is 0 Å². The molecular formula is C3H3B2F6N2-. The summed E-state index contributed by atoms with van der Waals surface area (Å²) in [5.74, 6) is 0. The van der Waals surface area contributed by atoms with Gasteiger partial charge >= 0.3 is 14.2 Å². The molecule has 0 aromatic carbocycles. The molecule has 0 radical (unpaired) electrons. The standard InChI is InChI=1S/C3H3B2F6N2/c6-4(7,8)12-1-2-13(3-12)5(9,10)11/h1-3H/q-1. The largest absolute Gasteiger partial charge is 0.709 e. The van der Waals surface area contributed by atoms with Crippen LogP contribution in [-0.4, -0.2) is 18.7 Å². The quantitative estimate of drug-likeness (QED) is 0.503. The van der Waals surface area contributed by atoms with Gasteiger partial charge in [-0.2, -0.15) is 0 Å². The van der Waals surface area contributed by atoms with Crippen molar-refractivity contribution in [1.82, 2.24) is 4.48 Å². The van der Waals surface area contributed by atoms with E-state index < -0.39 is 23.2 Å². The molecule has 0 N–H and O–H groups in total. The molecule has 0 fully saturated rings. The van der Waals surface area contributed by atoms with Crippen molar-refractivity contribution >= 4 is 14.2 Å². The fraction of sp³-hybridized carbons (Fsp3) is 0. The number of imidazole rings is 1. The van der Waals surface area contributed by atoms with Gasteiger partial charge in [-0.05, 0) is 0 Å². The molecule has 0 atom stereocenters. The average molecular weight is 203 g/mol. The van der Waals surface area contributed by atoms with Gasteiger partial charge in [-0.1, -0.05) is 0 Å². The number of nitrogens with zero attached hydrogens (tertiary/aromatic N) is 2. The van der Waals surface area contributed by atoms with Gasteiger partial charge in [-0.15, -0.1) is 0 Å². The van der Waals surface area contributed by atoms with E-state index in [0.29, 0.717) is 12.4 Å². The maximum atomic E-state index is 11.8. The van der Waals surface area contributed by atoms with Crippen molar-refractivity contribution in [3.8, 4) is 0 Å². The van der Waals surface area contributed by atoms with Crippen molar-refractivity contribution in [1.29, 1.82) is 0 Å². The molecule has 1 heterocycles. The van der Waals surface area contributed by atoms with Gasteiger partial charge in [0.2, 0.25) is 0 Å². The SMILES string of the molecule is F[B-](F)(F)n1cc[n+]([B-](F)(F)F)c1. The Morgan fingerprint density at radius 3 is 1.77 bits per heavy atom. The van der Waals surface area contributed by atoms with Crippen molar-refractivity contribution < 1.29 is 30.4 Å². The van der Waals surface area contributed by atoms with Crippen LogP contribution in [0.4, 0.5) is 25.9 Å². The van der Waals surface area contributed by atoms with Crippen LogP contribution in [0.15, 0.2) is 18.7 Å². The lowest BCUT2D eigenvalue weighted by molar-refractivity contribution is -0.574. The lowest BCUT2D eigenvalue weighted by Crippen LogP contribution is -2.54. The third-order valence-corrected chi connectivity index (χ3v) is 1.35. The predicted molar refractivity (Wildman–Crippen MR) is 33.6 cm³/mol. The first-order valence-electron chi connectivity index (χ1n) is 3.19. The minimum absolute atomic E-state index is 0.0278. The minimum Gasteiger partial charge on any atom is -0.404 e. The minimum atomic E-state index is -5.43. The molecule has 2 nitrogen and oxygen atoms in total. The van der Waals surface area contributed by atoms with Crippen LogP contribution in [0.5, 0.6) is 0 Å². The molecule has 0 bridgehead atoms. The Kier molecular flexibility index (Phi) is 2.08. The second-order valence-corrected chi connectivity index (χ2v) is 2.39. The van der Waals surface area contributed by atoms with Crippen molar-refractivity contribution in [2.75, 3.05) is 0 Å². The molecule has 10 heteroatoms. The monoisotopic (exact) mass is 203 g/mol. The number of halogens is 6. The van der Waals surface area contributed by atoms with Gasteiger partial charge in [0, 0.05) is 0 Å². The van der Waals surface area contributed by atoms with E-state index in [2.05, 4.69) is 0 Å². The van der Waals surface area contributed by atoms with E-state index in [0.717, 1.165) is 0 Å². The first-order valence-corrected chi connectivity index (χ1v) is 3.19. The molecule has 0 aliphatic carbocycles. The summed E-state index contributed by atoms with van der Waals surface area (Å²) in [7, 11) is -10.9. The topological polar surface area (TPSA) is 8.81 Å². The zero-order valence-corrected chi connectivity index (χ0v) is 6.05. The molecule has 1 aromatic heterocycles. The lowest BCUT2D eigenvalue weighted by atomic mass is 10.1. The maximum absolute atomic E-state index is 11.8. The van der Waals surface area contributed by atoms with E-state index in [1.807, 2.05) is 0 Å². The van der Waals surface area contributed by atoms with E-state index >= 15 is 0 Å². The normalized spacial score (nSPS) is 13.4. The third kappa shape index (κ3) is 2.19. The van der Waals surface area contributed by atoms with E-state index in [4.69, 9.17) is 0 Å². The molecule has 74 valence electrons. The van der Waals surface area contributed by atoms with Crippen LogP contribution in [0.1, 0.15) is 0 Å². The van der Waals surface area contributed by atoms with Gasteiger partial charge in [0.15, 0.2) is 6.33 Å². The van der Waals surface area contributed by atoms with Crippen molar-refractivity contribution in [2.24, 2.45) is 0 Å². The van der Waals surface area contributed by atoms with Crippen LogP contribution in [0.3, 0.4) is 0 Å². The highest BCUT2D eigenvalue weighted by Crippen LogP contribution is 2.11. The molecule has 0 saturated heterocycles. The van der Waals surface area contributed by atoms with Gasteiger partial charge < -0.3 is 34.9 Å². The number of hydrogen-bond acceptors (Lipinski definition) is 0. The molecule has 0 unspecified atom stereocenters. The second-order valence-electron chi connectivity index (χ2n) is 2.39. The Balaban J connectivity index is 3.01. The molecule has 0 spiro atoms. The van der Waals surface area contributed by atoms with E-state index in [9.17, 15) is 25.9 Å². The second kappa shape index (κ2) is 2.71. The lowest BCUT2D eigenvalue weighted by Gasteiger charge is -2.10. The van der Waals surface area contributed by atoms with Gasteiger partial charge in [0.25, 0.3) is 0 Å². The van der Waals surface area contributed by atoms with Crippen LogP contribution in [-0.2, 0) is 0 Å². The van der Waals surface area contributed by atoms with Gasteiger partial charge in [0.05, 0.1) is 12.4 Å². The highest BCUT2D eigenvalue weighted by molar-refractivity contribution is 6.56. The Morgan fingerprint density at radius 1 is 1.00 bits per heavy atom. The fourth-order valence-corrected chi connectivity index (χ4v) is 0.731. The summed E-state index contributed by atoms with van der Waals surface area (Å²) in [4.78, 5) is 0. The first-order chi connectivity index (χ1) is 5.71. The molecular weight excluding hydrogens is 200 g/mol. The van der Waals surface area contributed by atoms with Crippen LogP contribution in [0.2, 0.25) is 0 Å². The number of rotatable bonds is 2. The van der Waals surface area contributed by atoms with Crippen molar-refractivity contribution in [2.45, 2.75) is 0 Å². The summed E-state index contributed by atoms with van der Waals surface area (Å²) in [6.07, 6.45) is 0.629. The Bertz CT molecular complexity index is 271. The smallest absolute Gasteiger partial charge is 0.404 e. The summed E-state index contributed by atoms with van der Waals surface area (Å²) in [5.41, 5.74) is 0. The summed E-state index contributed by atoms with van der Waals surface area (Å²) >= 11 is 0. The van der Waals surface area contributed by atoms with Crippen LogP contribution < -0.4 is 4.48 Å². The summed E-state index contributed by atoms with van der Waals surface area (Å²) in [5, 5.41) is 0. The van der Waals surface area contributed by atoms with E-state index in [1.165, 1.54) is 0 Å². The molecule has 1 rings (SSSR count). The van der Waals surface area contributed by atoms with Crippen molar-refractivity contribution in [3.63, 3.8) is 0 Å². The molecule has 1 aromatic rings. The third-order valence-electron chi connectivity index (χ3n) is 1.35. The van der Waals surface area contributed by atoms with E-state index in [-0.39, 0.29) is 6.33 Å². The number of hydrogen-bond donors (Lipinski definition) is 0.